The van der Waals surface area contributed by atoms with E-state index < -0.39 is 17.8 Å². The van der Waals surface area contributed by atoms with Crippen molar-refractivity contribution in [3.8, 4) is 0 Å². The second-order valence-electron chi connectivity index (χ2n) is 8.41. The molecule has 3 amide bonds. The van der Waals surface area contributed by atoms with Crippen LogP contribution in [0, 0.1) is 17.7 Å². The topological polar surface area (TPSA) is 87.7 Å². The van der Waals surface area contributed by atoms with Crippen molar-refractivity contribution in [2.45, 2.75) is 45.6 Å². The van der Waals surface area contributed by atoms with Gasteiger partial charge in [0.1, 0.15) is 11.9 Å². The largest absolute Gasteiger partial charge is 0.385 e. The summed E-state index contributed by atoms with van der Waals surface area (Å²) in [4.78, 5) is 39.8. The van der Waals surface area contributed by atoms with E-state index in [1.54, 1.807) is 7.11 Å². The van der Waals surface area contributed by atoms with Gasteiger partial charge in [-0.3, -0.25) is 14.4 Å². The van der Waals surface area contributed by atoms with Crippen LogP contribution >= 0.6 is 0 Å². The van der Waals surface area contributed by atoms with Gasteiger partial charge in [0.15, 0.2) is 0 Å². The maximum atomic E-state index is 13.2. The average molecular weight is 436 g/mol. The molecule has 2 rings (SSSR count). The van der Waals surface area contributed by atoms with Crippen LogP contribution < -0.4 is 10.6 Å². The van der Waals surface area contributed by atoms with Crippen molar-refractivity contribution in [2.24, 2.45) is 11.8 Å². The van der Waals surface area contributed by atoms with Crippen molar-refractivity contribution in [1.82, 2.24) is 15.5 Å². The third kappa shape index (κ3) is 7.94. The van der Waals surface area contributed by atoms with Gasteiger partial charge in [0.05, 0.1) is 0 Å². The first-order valence-corrected chi connectivity index (χ1v) is 10.9. The molecular weight excluding hydrogens is 401 g/mol. The van der Waals surface area contributed by atoms with E-state index in [0.717, 1.165) is 0 Å². The molecule has 1 aromatic carbocycles. The molecule has 1 heterocycles. The van der Waals surface area contributed by atoms with Gasteiger partial charge in [-0.15, -0.1) is 0 Å². The van der Waals surface area contributed by atoms with E-state index in [1.807, 2.05) is 18.7 Å². The number of likely N-dealkylation sites (tertiary alicyclic amines) is 1. The predicted molar refractivity (Wildman–Crippen MR) is 116 cm³/mol. The van der Waals surface area contributed by atoms with Crippen molar-refractivity contribution >= 4 is 17.7 Å². The molecule has 172 valence electrons. The monoisotopic (exact) mass is 435 g/mol. The Balaban J connectivity index is 2.03. The molecule has 8 heteroatoms. The van der Waals surface area contributed by atoms with Gasteiger partial charge in [-0.2, -0.15) is 0 Å². The molecule has 0 spiro atoms. The highest BCUT2D eigenvalue weighted by molar-refractivity contribution is 5.97. The van der Waals surface area contributed by atoms with Crippen molar-refractivity contribution in [3.05, 3.63) is 35.6 Å². The smallest absolute Gasteiger partial charge is 0.251 e. The minimum absolute atomic E-state index is 0.0880. The Hall–Kier alpha value is -2.48. The summed E-state index contributed by atoms with van der Waals surface area (Å²) in [6.07, 6.45) is 2.44. The fraction of sp³-hybridized carbons (Fsp3) is 0.609. The van der Waals surface area contributed by atoms with Gasteiger partial charge in [0.25, 0.3) is 5.91 Å². The molecule has 0 saturated carbocycles. The highest BCUT2D eigenvalue weighted by Crippen LogP contribution is 2.23. The lowest BCUT2D eigenvalue weighted by Gasteiger charge is -2.36. The summed E-state index contributed by atoms with van der Waals surface area (Å²) >= 11 is 0. The van der Waals surface area contributed by atoms with E-state index in [1.165, 1.54) is 24.3 Å². The Morgan fingerprint density at radius 3 is 2.39 bits per heavy atom. The number of hydrogen-bond acceptors (Lipinski definition) is 4. The number of halogens is 1. The lowest BCUT2D eigenvalue weighted by molar-refractivity contribution is -0.133. The predicted octanol–water partition coefficient (Wildman–Crippen LogP) is 2.36. The maximum absolute atomic E-state index is 13.2. The van der Waals surface area contributed by atoms with Crippen LogP contribution in [-0.2, 0) is 14.3 Å². The lowest BCUT2D eigenvalue weighted by atomic mass is 9.88. The number of methoxy groups -OCH3 is 1. The quantitative estimate of drug-likeness (QED) is 0.553. The molecular formula is C23H34FN3O4. The van der Waals surface area contributed by atoms with E-state index >= 15 is 0 Å². The molecule has 1 aliphatic rings. The standard InChI is InChI=1S/C23H34FN3O4/c1-16(2)15-20(28)27-12-9-17(10-13-27)21(23(30)25-11-4-14-31-3)26-22(29)18-5-7-19(24)8-6-18/h5-8,16-17,21H,4,9-15H2,1-3H3,(H,25,30)(H,26,29). The number of ether oxygens (including phenoxy) is 1. The summed E-state index contributed by atoms with van der Waals surface area (Å²) in [5.74, 6) is -0.763. The Morgan fingerprint density at radius 2 is 1.81 bits per heavy atom. The molecule has 1 aliphatic heterocycles. The molecule has 7 nitrogen and oxygen atoms in total. The molecule has 1 unspecified atom stereocenters. The van der Waals surface area contributed by atoms with E-state index in [-0.39, 0.29) is 17.7 Å². The number of carbonyl (C=O) groups excluding carboxylic acids is 3. The second kappa shape index (κ2) is 12.4. The highest BCUT2D eigenvalue weighted by Gasteiger charge is 2.34. The van der Waals surface area contributed by atoms with Crippen LogP contribution in [0.5, 0.6) is 0 Å². The van der Waals surface area contributed by atoms with Gasteiger partial charge in [0, 0.05) is 45.3 Å². The van der Waals surface area contributed by atoms with E-state index in [4.69, 9.17) is 4.74 Å². The lowest BCUT2D eigenvalue weighted by Crippen LogP contribution is -2.54. The van der Waals surface area contributed by atoms with Crippen molar-refractivity contribution in [2.75, 3.05) is 33.4 Å². The van der Waals surface area contributed by atoms with Crippen LogP contribution in [0.1, 0.15) is 49.9 Å². The molecule has 1 atom stereocenters. The number of piperidine rings is 1. The van der Waals surface area contributed by atoms with Crippen molar-refractivity contribution in [3.63, 3.8) is 0 Å². The zero-order valence-electron chi connectivity index (χ0n) is 18.7. The number of rotatable bonds is 10. The number of benzene rings is 1. The summed E-state index contributed by atoms with van der Waals surface area (Å²) < 4.78 is 18.2. The van der Waals surface area contributed by atoms with Crippen LogP contribution in [0.4, 0.5) is 4.39 Å². The summed E-state index contributed by atoms with van der Waals surface area (Å²) in [5.41, 5.74) is 0.295. The minimum atomic E-state index is -0.720. The van der Waals surface area contributed by atoms with E-state index in [0.29, 0.717) is 63.4 Å². The van der Waals surface area contributed by atoms with Gasteiger partial charge in [-0.25, -0.2) is 4.39 Å². The van der Waals surface area contributed by atoms with Crippen LogP contribution in [0.2, 0.25) is 0 Å². The Morgan fingerprint density at radius 1 is 1.16 bits per heavy atom. The Bertz CT molecular complexity index is 731. The average Bonchev–Trinajstić information content (AvgIpc) is 2.75. The molecule has 31 heavy (non-hydrogen) atoms. The van der Waals surface area contributed by atoms with Gasteiger partial charge in [-0.05, 0) is 55.4 Å². The number of carbonyl (C=O) groups is 3. The molecule has 1 fully saturated rings. The summed E-state index contributed by atoms with van der Waals surface area (Å²) in [6.45, 7) is 6.13. The SMILES string of the molecule is COCCCNC(=O)C(NC(=O)c1ccc(F)cc1)C1CCN(C(=O)CC(C)C)CC1. The number of nitrogens with zero attached hydrogens (tertiary/aromatic N) is 1. The molecule has 1 aromatic rings. The summed E-state index contributed by atoms with van der Waals surface area (Å²) in [7, 11) is 1.60. The molecule has 0 bridgehead atoms. The summed E-state index contributed by atoms with van der Waals surface area (Å²) in [6, 6.07) is 4.50. The first kappa shape index (κ1) is 24.8. The minimum Gasteiger partial charge on any atom is -0.385 e. The van der Waals surface area contributed by atoms with Gasteiger partial charge in [-0.1, -0.05) is 13.8 Å². The van der Waals surface area contributed by atoms with E-state index in [9.17, 15) is 18.8 Å². The normalized spacial score (nSPS) is 15.6. The van der Waals surface area contributed by atoms with Crippen LogP contribution in [0.25, 0.3) is 0 Å². The van der Waals surface area contributed by atoms with Gasteiger partial charge < -0.3 is 20.3 Å². The molecule has 1 saturated heterocycles. The van der Waals surface area contributed by atoms with Crippen LogP contribution in [-0.4, -0.2) is 62.0 Å². The highest BCUT2D eigenvalue weighted by atomic mass is 19.1. The van der Waals surface area contributed by atoms with Crippen LogP contribution in [0.15, 0.2) is 24.3 Å². The van der Waals surface area contributed by atoms with Crippen LogP contribution in [0.3, 0.4) is 0 Å². The third-order valence-corrected chi connectivity index (χ3v) is 5.45. The summed E-state index contributed by atoms with van der Waals surface area (Å²) in [5, 5.41) is 5.70. The first-order chi connectivity index (χ1) is 14.8. The van der Waals surface area contributed by atoms with Gasteiger partial charge >= 0.3 is 0 Å². The molecule has 0 aliphatic carbocycles. The maximum Gasteiger partial charge on any atom is 0.251 e. The molecule has 0 aromatic heterocycles. The van der Waals surface area contributed by atoms with E-state index in [2.05, 4.69) is 10.6 Å². The first-order valence-electron chi connectivity index (χ1n) is 10.9. The van der Waals surface area contributed by atoms with Gasteiger partial charge in [0.2, 0.25) is 11.8 Å². The van der Waals surface area contributed by atoms with Crippen molar-refractivity contribution < 1.29 is 23.5 Å². The number of hydrogen-bond donors (Lipinski definition) is 2. The zero-order valence-corrected chi connectivity index (χ0v) is 18.7. The number of amides is 3. The fourth-order valence-electron chi connectivity index (χ4n) is 3.72. The second-order valence-corrected chi connectivity index (χ2v) is 8.41. The number of nitrogens with one attached hydrogen (secondary N) is 2. The zero-order chi connectivity index (χ0) is 22.8. The fourth-order valence-corrected chi connectivity index (χ4v) is 3.72. The third-order valence-electron chi connectivity index (χ3n) is 5.45. The molecule has 0 radical (unpaired) electrons. The Labute approximate surface area is 183 Å². The Kier molecular flexibility index (Phi) is 9.91. The van der Waals surface area contributed by atoms with Crippen molar-refractivity contribution in [1.29, 1.82) is 0 Å². The molecule has 2 N–H and O–H groups in total.